The van der Waals surface area contributed by atoms with Crippen LogP contribution in [0.4, 0.5) is 11.4 Å². The van der Waals surface area contributed by atoms with E-state index in [0.29, 0.717) is 17.3 Å². The molecule has 3 aliphatic heterocycles. The van der Waals surface area contributed by atoms with E-state index in [9.17, 15) is 14.4 Å². The number of likely N-dealkylation sites (tertiary alicyclic amines) is 1. The number of para-hydroxylation sites is 1. The molecule has 2 aromatic rings. The number of carbonyl (C=O) groups excluding carboxylic acids is 3. The zero-order chi connectivity index (χ0) is 22.4. The average Bonchev–Trinajstić information content (AvgIpc) is 3.27. The summed E-state index contributed by atoms with van der Waals surface area (Å²) in [7, 11) is 0. The van der Waals surface area contributed by atoms with Crippen molar-refractivity contribution >= 4 is 46.8 Å². The fourth-order valence-electron chi connectivity index (χ4n) is 5.16. The first-order valence-electron chi connectivity index (χ1n) is 11.0. The number of amides is 3. The first-order chi connectivity index (χ1) is 15.5. The zero-order valence-corrected chi connectivity index (χ0v) is 18.5. The van der Waals surface area contributed by atoms with Crippen molar-refractivity contribution in [2.75, 3.05) is 16.8 Å². The lowest BCUT2D eigenvalue weighted by molar-refractivity contribution is -0.141. The van der Waals surface area contributed by atoms with Gasteiger partial charge in [0.25, 0.3) is 0 Å². The summed E-state index contributed by atoms with van der Waals surface area (Å²) in [6.45, 7) is 2.43. The molecule has 2 aromatic carbocycles. The molecule has 6 nitrogen and oxygen atoms in total. The van der Waals surface area contributed by atoms with E-state index in [-0.39, 0.29) is 23.8 Å². The molecule has 2 fully saturated rings. The molecule has 1 N–H and O–H groups in total. The van der Waals surface area contributed by atoms with E-state index in [1.165, 1.54) is 4.90 Å². The number of rotatable bonds is 5. The summed E-state index contributed by atoms with van der Waals surface area (Å²) in [6.07, 6.45) is 5.59. The number of imide groups is 1. The van der Waals surface area contributed by atoms with Gasteiger partial charge < -0.3 is 10.2 Å². The second kappa shape index (κ2) is 8.10. The highest BCUT2D eigenvalue weighted by Gasteiger charge is 2.63. The molecule has 4 atom stereocenters. The largest absolute Gasteiger partial charge is 0.351 e. The van der Waals surface area contributed by atoms with E-state index in [1.54, 1.807) is 24.3 Å². The quantitative estimate of drug-likeness (QED) is 0.701. The highest BCUT2D eigenvalue weighted by atomic mass is 35.5. The van der Waals surface area contributed by atoms with Crippen molar-refractivity contribution in [1.82, 2.24) is 4.90 Å². The predicted molar refractivity (Wildman–Crippen MR) is 124 cm³/mol. The Balaban J connectivity index is 1.55. The number of halogens is 1. The minimum absolute atomic E-state index is 0.172. The number of unbranched alkanes of at least 4 members (excludes halogenated alkanes) is 1. The van der Waals surface area contributed by atoms with Crippen LogP contribution in [0.15, 0.2) is 54.6 Å². The van der Waals surface area contributed by atoms with E-state index in [2.05, 4.69) is 5.32 Å². The number of nitrogens with one attached hydrogen (secondary N) is 1. The molecule has 3 aliphatic rings. The van der Waals surface area contributed by atoms with Crippen molar-refractivity contribution in [2.45, 2.75) is 31.8 Å². The third-order valence-corrected chi connectivity index (χ3v) is 6.87. The molecule has 0 spiro atoms. The molecule has 0 unspecified atom stereocenters. The molecule has 164 valence electrons. The van der Waals surface area contributed by atoms with Gasteiger partial charge in [-0.1, -0.05) is 55.3 Å². The summed E-state index contributed by atoms with van der Waals surface area (Å²) in [5, 5.41) is 3.51. The van der Waals surface area contributed by atoms with Crippen molar-refractivity contribution in [3.8, 4) is 0 Å². The summed E-state index contributed by atoms with van der Waals surface area (Å²) >= 11 is 5.97. The number of fused-ring (bicyclic) bond motifs is 5. The van der Waals surface area contributed by atoms with Gasteiger partial charge in [-0.3, -0.25) is 19.3 Å². The van der Waals surface area contributed by atoms with Crippen LogP contribution in [0.2, 0.25) is 5.02 Å². The topological polar surface area (TPSA) is 69.7 Å². The zero-order valence-electron chi connectivity index (χ0n) is 17.7. The van der Waals surface area contributed by atoms with Crippen molar-refractivity contribution in [3.05, 3.63) is 65.2 Å². The van der Waals surface area contributed by atoms with E-state index >= 15 is 0 Å². The summed E-state index contributed by atoms with van der Waals surface area (Å²) in [4.78, 5) is 43.7. The minimum Gasteiger partial charge on any atom is -0.351 e. The molecule has 0 aromatic heterocycles. The van der Waals surface area contributed by atoms with Gasteiger partial charge in [0.1, 0.15) is 6.04 Å². The molecular weight excluding hydrogens is 426 g/mol. The number of hydrogen-bond acceptors (Lipinski definition) is 4. The first-order valence-corrected chi connectivity index (χ1v) is 11.4. The maximum Gasteiger partial charge on any atom is 0.247 e. The maximum absolute atomic E-state index is 13.6. The van der Waals surface area contributed by atoms with Gasteiger partial charge in [0.05, 0.1) is 17.9 Å². The Kier molecular flexibility index (Phi) is 5.25. The fourth-order valence-corrected chi connectivity index (χ4v) is 5.29. The van der Waals surface area contributed by atoms with Crippen LogP contribution in [-0.2, 0) is 14.4 Å². The van der Waals surface area contributed by atoms with Crippen molar-refractivity contribution in [1.29, 1.82) is 0 Å². The fraction of sp³-hybridized carbons (Fsp3) is 0.320. The van der Waals surface area contributed by atoms with Crippen LogP contribution >= 0.6 is 11.6 Å². The van der Waals surface area contributed by atoms with Crippen molar-refractivity contribution in [2.24, 2.45) is 11.8 Å². The summed E-state index contributed by atoms with van der Waals surface area (Å²) in [6, 6.07) is 13.5. The standard InChI is InChI=1S/C25H24ClN3O3/c1-2-3-14-28-24(31)20-19-13-8-15-6-4-5-7-18(15)29(19)22(21(20)25(28)32)23(30)27-17-11-9-16(26)10-12-17/h4-13,19-22H,2-3,14H2,1H3,(H,27,30)/t19-,20-,21-,22-/m1/s1. The van der Waals surface area contributed by atoms with Crippen LogP contribution in [0.25, 0.3) is 6.08 Å². The summed E-state index contributed by atoms with van der Waals surface area (Å²) in [5.41, 5.74) is 2.43. The van der Waals surface area contributed by atoms with Crippen LogP contribution in [0.5, 0.6) is 0 Å². The molecule has 5 rings (SSSR count). The molecule has 2 saturated heterocycles. The maximum atomic E-state index is 13.6. The van der Waals surface area contributed by atoms with Gasteiger partial charge in [0.2, 0.25) is 17.7 Å². The molecule has 32 heavy (non-hydrogen) atoms. The van der Waals surface area contributed by atoms with E-state index < -0.39 is 17.9 Å². The second-order valence-electron chi connectivity index (χ2n) is 8.49. The highest BCUT2D eigenvalue weighted by molar-refractivity contribution is 6.30. The Morgan fingerprint density at radius 2 is 1.75 bits per heavy atom. The number of carbonyl (C=O) groups is 3. The van der Waals surface area contributed by atoms with Gasteiger partial charge in [-0.05, 0) is 42.3 Å². The Morgan fingerprint density at radius 3 is 2.50 bits per heavy atom. The van der Waals surface area contributed by atoms with Crippen LogP contribution in [0.1, 0.15) is 25.3 Å². The lowest BCUT2D eigenvalue weighted by Crippen LogP contribution is -2.50. The Hall–Kier alpha value is -3.12. The van der Waals surface area contributed by atoms with Crippen LogP contribution in [-0.4, -0.2) is 41.2 Å². The van der Waals surface area contributed by atoms with Crippen LogP contribution in [0, 0.1) is 11.8 Å². The number of nitrogens with zero attached hydrogens (tertiary/aromatic N) is 2. The Morgan fingerprint density at radius 1 is 1.03 bits per heavy atom. The van der Waals surface area contributed by atoms with Gasteiger partial charge in [-0.25, -0.2) is 0 Å². The molecule has 0 saturated carbocycles. The lowest BCUT2D eigenvalue weighted by Gasteiger charge is -2.36. The average molecular weight is 450 g/mol. The first kappa shape index (κ1) is 20.8. The van der Waals surface area contributed by atoms with Gasteiger partial charge in [0, 0.05) is 22.9 Å². The number of hydrogen-bond donors (Lipinski definition) is 1. The van der Waals surface area contributed by atoms with Crippen LogP contribution < -0.4 is 10.2 Å². The SMILES string of the molecule is CCCCN1C(=O)[C@@H]2[C@H](C1=O)[C@H]1C=Cc3ccccc3N1[C@H]2C(=O)Nc1ccc(Cl)cc1. The highest BCUT2D eigenvalue weighted by Crippen LogP contribution is 2.48. The van der Waals surface area contributed by atoms with E-state index in [0.717, 1.165) is 24.1 Å². The minimum atomic E-state index is -0.783. The van der Waals surface area contributed by atoms with Crippen LogP contribution in [0.3, 0.4) is 0 Å². The third kappa shape index (κ3) is 3.21. The third-order valence-electron chi connectivity index (χ3n) is 6.62. The molecule has 3 heterocycles. The number of benzene rings is 2. The Labute approximate surface area is 191 Å². The Bertz CT molecular complexity index is 1110. The molecule has 0 bridgehead atoms. The van der Waals surface area contributed by atoms with Gasteiger partial charge in [0.15, 0.2) is 0 Å². The van der Waals surface area contributed by atoms with Gasteiger partial charge >= 0.3 is 0 Å². The summed E-state index contributed by atoms with van der Waals surface area (Å²) in [5.74, 6) is -2.00. The van der Waals surface area contributed by atoms with Gasteiger partial charge in [-0.15, -0.1) is 0 Å². The summed E-state index contributed by atoms with van der Waals surface area (Å²) < 4.78 is 0. The van der Waals surface area contributed by atoms with Crippen molar-refractivity contribution < 1.29 is 14.4 Å². The van der Waals surface area contributed by atoms with E-state index in [1.807, 2.05) is 48.2 Å². The lowest BCUT2D eigenvalue weighted by atomic mass is 9.88. The molecule has 7 heteroatoms. The molecular formula is C25H24ClN3O3. The molecule has 0 aliphatic carbocycles. The second-order valence-corrected chi connectivity index (χ2v) is 8.93. The normalized spacial score (nSPS) is 25.6. The van der Waals surface area contributed by atoms with Crippen molar-refractivity contribution in [3.63, 3.8) is 0 Å². The number of anilines is 2. The predicted octanol–water partition coefficient (Wildman–Crippen LogP) is 3.96. The smallest absolute Gasteiger partial charge is 0.247 e. The molecule has 0 radical (unpaired) electrons. The van der Waals surface area contributed by atoms with E-state index in [4.69, 9.17) is 11.6 Å². The van der Waals surface area contributed by atoms with Gasteiger partial charge in [-0.2, -0.15) is 0 Å². The molecule has 3 amide bonds. The monoisotopic (exact) mass is 449 g/mol.